The van der Waals surface area contributed by atoms with Crippen molar-refractivity contribution in [3.8, 4) is 0 Å². The predicted octanol–water partition coefficient (Wildman–Crippen LogP) is 0.625. The van der Waals surface area contributed by atoms with E-state index in [1.165, 1.54) is 7.11 Å². The molecule has 0 saturated heterocycles. The summed E-state index contributed by atoms with van der Waals surface area (Å²) < 4.78 is 9.58. The van der Waals surface area contributed by atoms with E-state index in [2.05, 4.69) is 5.32 Å². The molecule has 0 spiro atoms. The number of rotatable bonds is 5. The molecule has 1 saturated carbocycles. The average Bonchev–Trinajstić information content (AvgIpc) is 2.76. The van der Waals surface area contributed by atoms with Gasteiger partial charge in [0.1, 0.15) is 5.54 Å². The standard InChI is InChI=1S/C11H19NO4/c1-3-16-9(13)8-12-11(10(14)15-2)6-4-5-7-11/h12H,3-8H2,1-2H3. The van der Waals surface area contributed by atoms with Gasteiger partial charge in [0.15, 0.2) is 0 Å². The fourth-order valence-corrected chi connectivity index (χ4v) is 2.08. The second kappa shape index (κ2) is 5.84. The third kappa shape index (κ3) is 2.95. The second-order valence-electron chi connectivity index (χ2n) is 3.94. The molecule has 0 radical (unpaired) electrons. The van der Waals surface area contributed by atoms with E-state index in [0.29, 0.717) is 6.61 Å². The first-order valence-electron chi connectivity index (χ1n) is 5.63. The maximum atomic E-state index is 11.7. The lowest BCUT2D eigenvalue weighted by atomic mass is 9.98. The van der Waals surface area contributed by atoms with E-state index in [1.807, 2.05) is 0 Å². The maximum Gasteiger partial charge on any atom is 0.326 e. The van der Waals surface area contributed by atoms with Crippen LogP contribution < -0.4 is 5.32 Å². The summed E-state index contributed by atoms with van der Waals surface area (Å²) in [5.74, 6) is -0.619. The van der Waals surface area contributed by atoms with E-state index in [0.717, 1.165) is 25.7 Å². The van der Waals surface area contributed by atoms with Gasteiger partial charge in [-0.15, -0.1) is 0 Å². The highest BCUT2D eigenvalue weighted by Crippen LogP contribution is 2.30. The largest absolute Gasteiger partial charge is 0.468 e. The Morgan fingerprint density at radius 3 is 2.44 bits per heavy atom. The Hall–Kier alpha value is -1.10. The zero-order chi connectivity index (χ0) is 12.0. The number of hydrogen-bond acceptors (Lipinski definition) is 5. The minimum atomic E-state index is -0.679. The Bertz CT molecular complexity index is 259. The summed E-state index contributed by atoms with van der Waals surface area (Å²) in [4.78, 5) is 22.9. The molecule has 0 aromatic rings. The van der Waals surface area contributed by atoms with Gasteiger partial charge in [0, 0.05) is 0 Å². The molecule has 1 N–H and O–H groups in total. The Morgan fingerprint density at radius 1 is 1.31 bits per heavy atom. The van der Waals surface area contributed by atoms with Crippen LogP contribution in [0.15, 0.2) is 0 Å². The van der Waals surface area contributed by atoms with Crippen molar-refractivity contribution in [1.82, 2.24) is 5.32 Å². The molecule has 1 fully saturated rings. The van der Waals surface area contributed by atoms with Gasteiger partial charge in [-0.05, 0) is 19.8 Å². The Labute approximate surface area is 95.5 Å². The van der Waals surface area contributed by atoms with E-state index in [-0.39, 0.29) is 18.5 Å². The molecule has 0 bridgehead atoms. The Balaban J connectivity index is 2.52. The normalized spacial score (nSPS) is 18.1. The van der Waals surface area contributed by atoms with Crippen LogP contribution in [-0.4, -0.2) is 37.7 Å². The van der Waals surface area contributed by atoms with Crippen molar-refractivity contribution in [2.24, 2.45) is 0 Å². The molecule has 0 aromatic carbocycles. The van der Waals surface area contributed by atoms with Crippen LogP contribution in [0.25, 0.3) is 0 Å². The smallest absolute Gasteiger partial charge is 0.326 e. The Morgan fingerprint density at radius 2 is 1.94 bits per heavy atom. The Kier molecular flexibility index (Phi) is 4.73. The molecule has 16 heavy (non-hydrogen) atoms. The van der Waals surface area contributed by atoms with Crippen molar-refractivity contribution in [2.75, 3.05) is 20.3 Å². The number of hydrogen-bond donors (Lipinski definition) is 1. The van der Waals surface area contributed by atoms with Gasteiger partial charge in [0.05, 0.1) is 20.3 Å². The van der Waals surface area contributed by atoms with E-state index in [4.69, 9.17) is 9.47 Å². The lowest BCUT2D eigenvalue weighted by molar-refractivity contribution is -0.149. The van der Waals surface area contributed by atoms with Gasteiger partial charge < -0.3 is 9.47 Å². The predicted molar refractivity (Wildman–Crippen MR) is 57.9 cm³/mol. The number of nitrogens with one attached hydrogen (secondary N) is 1. The molecule has 5 heteroatoms. The molecule has 0 aromatic heterocycles. The third-order valence-corrected chi connectivity index (χ3v) is 2.91. The molecular formula is C11H19NO4. The summed E-state index contributed by atoms with van der Waals surface area (Å²) >= 11 is 0. The molecule has 0 unspecified atom stereocenters. The second-order valence-corrected chi connectivity index (χ2v) is 3.94. The molecule has 0 aliphatic heterocycles. The summed E-state index contributed by atoms with van der Waals surface area (Å²) in [5.41, 5.74) is -0.679. The minimum absolute atomic E-state index is 0.0585. The van der Waals surface area contributed by atoms with Crippen LogP contribution in [0.5, 0.6) is 0 Å². The van der Waals surface area contributed by atoms with Gasteiger partial charge >= 0.3 is 11.9 Å². The summed E-state index contributed by atoms with van der Waals surface area (Å²) in [6.07, 6.45) is 3.40. The summed E-state index contributed by atoms with van der Waals surface area (Å²) in [5, 5.41) is 2.98. The van der Waals surface area contributed by atoms with Crippen molar-refractivity contribution in [3.63, 3.8) is 0 Å². The molecule has 92 valence electrons. The van der Waals surface area contributed by atoms with Crippen molar-refractivity contribution in [2.45, 2.75) is 38.1 Å². The van der Waals surface area contributed by atoms with Gasteiger partial charge in [-0.3, -0.25) is 14.9 Å². The lowest BCUT2D eigenvalue weighted by Crippen LogP contribution is -2.52. The van der Waals surface area contributed by atoms with Crippen LogP contribution in [0.4, 0.5) is 0 Å². The average molecular weight is 229 g/mol. The van der Waals surface area contributed by atoms with Crippen molar-refractivity contribution >= 4 is 11.9 Å². The molecule has 1 aliphatic rings. The van der Waals surface area contributed by atoms with Gasteiger partial charge in [-0.2, -0.15) is 0 Å². The highest BCUT2D eigenvalue weighted by molar-refractivity contribution is 5.82. The minimum Gasteiger partial charge on any atom is -0.468 e. The fourth-order valence-electron chi connectivity index (χ4n) is 2.08. The van der Waals surface area contributed by atoms with E-state index in [1.54, 1.807) is 6.92 Å². The van der Waals surface area contributed by atoms with Crippen molar-refractivity contribution in [3.05, 3.63) is 0 Å². The van der Waals surface area contributed by atoms with Gasteiger partial charge in [0.2, 0.25) is 0 Å². The topological polar surface area (TPSA) is 64.6 Å². The first-order valence-corrected chi connectivity index (χ1v) is 5.63. The van der Waals surface area contributed by atoms with Gasteiger partial charge in [0.25, 0.3) is 0 Å². The van der Waals surface area contributed by atoms with E-state index < -0.39 is 5.54 Å². The lowest BCUT2D eigenvalue weighted by Gasteiger charge is -2.26. The van der Waals surface area contributed by atoms with Gasteiger partial charge in [-0.1, -0.05) is 12.8 Å². The van der Waals surface area contributed by atoms with Crippen LogP contribution in [0.1, 0.15) is 32.6 Å². The number of methoxy groups -OCH3 is 1. The zero-order valence-electron chi connectivity index (χ0n) is 9.88. The van der Waals surface area contributed by atoms with Crippen LogP contribution in [0.2, 0.25) is 0 Å². The van der Waals surface area contributed by atoms with Crippen molar-refractivity contribution in [1.29, 1.82) is 0 Å². The number of esters is 2. The molecule has 1 aliphatic carbocycles. The van der Waals surface area contributed by atoms with Crippen LogP contribution in [0, 0.1) is 0 Å². The molecule has 1 rings (SSSR count). The number of ether oxygens (including phenoxy) is 2. The van der Waals surface area contributed by atoms with E-state index in [9.17, 15) is 9.59 Å². The summed E-state index contributed by atoms with van der Waals surface area (Å²) in [6.45, 7) is 2.16. The van der Waals surface area contributed by atoms with Gasteiger partial charge in [-0.25, -0.2) is 0 Å². The quantitative estimate of drug-likeness (QED) is 0.700. The summed E-state index contributed by atoms with van der Waals surface area (Å²) in [6, 6.07) is 0. The number of carbonyl (C=O) groups excluding carboxylic acids is 2. The number of carbonyl (C=O) groups is 2. The first kappa shape index (κ1) is 13.0. The molecule has 0 heterocycles. The highest BCUT2D eigenvalue weighted by atomic mass is 16.5. The summed E-state index contributed by atoms with van der Waals surface area (Å²) in [7, 11) is 1.37. The van der Waals surface area contributed by atoms with E-state index >= 15 is 0 Å². The zero-order valence-corrected chi connectivity index (χ0v) is 9.88. The van der Waals surface area contributed by atoms with Crippen LogP contribution >= 0.6 is 0 Å². The SMILES string of the molecule is CCOC(=O)CNC1(C(=O)OC)CCCC1. The monoisotopic (exact) mass is 229 g/mol. The maximum absolute atomic E-state index is 11.7. The first-order chi connectivity index (χ1) is 7.64. The van der Waals surface area contributed by atoms with Crippen LogP contribution in [0.3, 0.4) is 0 Å². The molecule has 0 atom stereocenters. The fraction of sp³-hybridized carbons (Fsp3) is 0.818. The third-order valence-electron chi connectivity index (χ3n) is 2.91. The molecular weight excluding hydrogens is 210 g/mol. The highest BCUT2D eigenvalue weighted by Gasteiger charge is 2.42. The van der Waals surface area contributed by atoms with Crippen LogP contribution in [-0.2, 0) is 19.1 Å². The van der Waals surface area contributed by atoms with Crippen molar-refractivity contribution < 1.29 is 19.1 Å². The molecule has 0 amide bonds. The molecule has 5 nitrogen and oxygen atoms in total.